The van der Waals surface area contributed by atoms with Gasteiger partial charge in [0.2, 0.25) is 0 Å². The first-order valence-corrected chi connectivity index (χ1v) is 7.92. The summed E-state index contributed by atoms with van der Waals surface area (Å²) < 4.78 is 29.5. The zero-order valence-electron chi connectivity index (χ0n) is 10.5. The lowest BCUT2D eigenvalue weighted by molar-refractivity contribution is 0.526. The summed E-state index contributed by atoms with van der Waals surface area (Å²) in [7, 11) is 0. The smallest absolute Gasteiger partial charge is 0.178 e. The second-order valence-electron chi connectivity index (χ2n) is 4.91. The van der Waals surface area contributed by atoms with Gasteiger partial charge in [-0.2, -0.15) is 11.8 Å². The first-order valence-electron chi connectivity index (χ1n) is 6.22. The van der Waals surface area contributed by atoms with E-state index in [-0.39, 0.29) is 6.04 Å². The molecule has 1 aliphatic rings. The maximum atomic E-state index is 13.7. The van der Waals surface area contributed by atoms with E-state index in [0.29, 0.717) is 21.1 Å². The molecule has 1 fully saturated rings. The molecular formula is C13H14F2N2S2. The monoisotopic (exact) mass is 300 g/mol. The zero-order chi connectivity index (χ0) is 13.6. The van der Waals surface area contributed by atoms with Crippen LogP contribution in [0, 0.1) is 16.4 Å². The van der Waals surface area contributed by atoms with Gasteiger partial charge < -0.3 is 9.55 Å². The Bertz CT molecular complexity index is 677. The molecule has 0 saturated heterocycles. The van der Waals surface area contributed by atoms with Crippen molar-refractivity contribution in [3.05, 3.63) is 28.5 Å². The molecule has 0 aliphatic heterocycles. The van der Waals surface area contributed by atoms with Gasteiger partial charge in [-0.3, -0.25) is 0 Å². The fourth-order valence-electron chi connectivity index (χ4n) is 2.88. The number of aromatic amines is 1. The third kappa shape index (κ3) is 2.21. The third-order valence-electron chi connectivity index (χ3n) is 3.80. The molecule has 2 nitrogen and oxygen atoms in total. The first kappa shape index (κ1) is 13.1. The summed E-state index contributed by atoms with van der Waals surface area (Å²) in [6.45, 7) is 0. The molecule has 1 aromatic heterocycles. The largest absolute Gasteiger partial charge is 0.328 e. The lowest BCUT2D eigenvalue weighted by Crippen LogP contribution is -2.06. The summed E-state index contributed by atoms with van der Waals surface area (Å²) in [5.74, 6) is -1.15. The van der Waals surface area contributed by atoms with E-state index in [1.54, 1.807) is 0 Å². The summed E-state index contributed by atoms with van der Waals surface area (Å²) >= 11 is 7.12. The summed E-state index contributed by atoms with van der Waals surface area (Å²) in [5.41, 5.74) is 0.841. The maximum absolute atomic E-state index is 13.7. The quantitative estimate of drug-likeness (QED) is 0.828. The number of rotatable bonds is 2. The number of hydrogen-bond donors (Lipinski definition) is 1. The fraction of sp³-hybridized carbons (Fsp3) is 0.462. The van der Waals surface area contributed by atoms with Gasteiger partial charge in [-0.15, -0.1) is 0 Å². The predicted molar refractivity (Wildman–Crippen MR) is 77.2 cm³/mol. The number of benzene rings is 1. The van der Waals surface area contributed by atoms with Gasteiger partial charge in [0.15, 0.2) is 10.6 Å². The topological polar surface area (TPSA) is 20.7 Å². The van der Waals surface area contributed by atoms with Crippen molar-refractivity contribution in [1.29, 1.82) is 0 Å². The lowest BCUT2D eigenvalue weighted by atomic mass is 10.2. The van der Waals surface area contributed by atoms with Gasteiger partial charge >= 0.3 is 0 Å². The highest BCUT2D eigenvalue weighted by Crippen LogP contribution is 2.38. The molecule has 1 heterocycles. The molecule has 0 bridgehead atoms. The van der Waals surface area contributed by atoms with Gasteiger partial charge in [-0.1, -0.05) is 0 Å². The summed E-state index contributed by atoms with van der Waals surface area (Å²) in [5, 5.41) is 0.607. The van der Waals surface area contributed by atoms with Crippen LogP contribution in [0.5, 0.6) is 0 Å². The van der Waals surface area contributed by atoms with Crippen LogP contribution >= 0.6 is 24.0 Å². The van der Waals surface area contributed by atoms with Crippen molar-refractivity contribution >= 4 is 35.0 Å². The molecule has 2 aromatic rings. The summed E-state index contributed by atoms with van der Waals surface area (Å²) in [6.07, 6.45) is 5.23. The van der Waals surface area contributed by atoms with E-state index in [0.717, 1.165) is 25.3 Å². The Labute approximate surface area is 119 Å². The number of fused-ring (bicyclic) bond motifs is 1. The maximum Gasteiger partial charge on any atom is 0.178 e. The fourth-order valence-corrected chi connectivity index (χ4v) is 4.01. The third-order valence-corrected chi connectivity index (χ3v) is 5.19. The van der Waals surface area contributed by atoms with E-state index in [2.05, 4.69) is 11.2 Å². The van der Waals surface area contributed by atoms with Crippen molar-refractivity contribution in [3.63, 3.8) is 0 Å². The number of thioether (sulfide) groups is 1. The SMILES string of the molecule is CSC1CCC(n2c(=S)[nH]c3c(F)cc(F)cc32)C1. The molecule has 3 rings (SSSR count). The van der Waals surface area contributed by atoms with Crippen LogP contribution in [0.25, 0.3) is 11.0 Å². The average Bonchev–Trinajstić information content (AvgIpc) is 2.93. The number of halogens is 2. The van der Waals surface area contributed by atoms with E-state index >= 15 is 0 Å². The molecular weight excluding hydrogens is 286 g/mol. The Hall–Kier alpha value is -0.880. The minimum Gasteiger partial charge on any atom is -0.328 e. The highest BCUT2D eigenvalue weighted by atomic mass is 32.2. The Morgan fingerprint density at radius 3 is 2.84 bits per heavy atom. The highest BCUT2D eigenvalue weighted by Gasteiger charge is 2.27. The Morgan fingerprint density at radius 1 is 1.37 bits per heavy atom. The van der Waals surface area contributed by atoms with Gasteiger partial charge in [0.05, 0.1) is 5.52 Å². The van der Waals surface area contributed by atoms with E-state index in [4.69, 9.17) is 12.2 Å². The Kier molecular flexibility index (Phi) is 3.39. The molecule has 1 aromatic carbocycles. The van der Waals surface area contributed by atoms with Crippen molar-refractivity contribution in [2.45, 2.75) is 30.6 Å². The van der Waals surface area contributed by atoms with Crippen LogP contribution in [0.2, 0.25) is 0 Å². The van der Waals surface area contributed by atoms with Crippen molar-refractivity contribution in [2.75, 3.05) is 6.26 Å². The number of imidazole rings is 1. The predicted octanol–water partition coefficient (Wildman–Crippen LogP) is 4.43. The molecule has 102 valence electrons. The Balaban J connectivity index is 2.13. The summed E-state index contributed by atoms with van der Waals surface area (Å²) in [4.78, 5) is 2.86. The number of hydrogen-bond acceptors (Lipinski definition) is 2. The molecule has 6 heteroatoms. The molecule has 1 aliphatic carbocycles. The van der Waals surface area contributed by atoms with Crippen LogP contribution in [0.15, 0.2) is 12.1 Å². The normalized spacial score (nSPS) is 23.3. The standard InChI is InChI=1S/C13H14F2N2S2/c1-19-9-3-2-8(6-9)17-11-5-7(14)4-10(15)12(11)16-13(17)18/h4-5,8-9H,2-3,6H2,1H3,(H,16,18). The molecule has 2 unspecified atom stereocenters. The minimum absolute atomic E-state index is 0.236. The highest BCUT2D eigenvalue weighted by molar-refractivity contribution is 7.99. The molecule has 2 atom stereocenters. The van der Waals surface area contributed by atoms with Crippen molar-refractivity contribution in [1.82, 2.24) is 9.55 Å². The van der Waals surface area contributed by atoms with Crippen molar-refractivity contribution in [3.8, 4) is 0 Å². The lowest BCUT2D eigenvalue weighted by Gasteiger charge is -2.13. The van der Waals surface area contributed by atoms with E-state index < -0.39 is 11.6 Å². The molecule has 0 radical (unpaired) electrons. The van der Waals surface area contributed by atoms with Crippen LogP contribution in [-0.4, -0.2) is 21.1 Å². The van der Waals surface area contributed by atoms with Gasteiger partial charge in [0.25, 0.3) is 0 Å². The Morgan fingerprint density at radius 2 is 2.16 bits per heavy atom. The summed E-state index contributed by atoms with van der Waals surface area (Å²) in [6, 6.07) is 2.48. The zero-order valence-corrected chi connectivity index (χ0v) is 12.1. The minimum atomic E-state index is -0.584. The van der Waals surface area contributed by atoms with Crippen molar-refractivity contribution < 1.29 is 8.78 Å². The molecule has 0 spiro atoms. The molecule has 1 saturated carbocycles. The van der Waals surface area contributed by atoms with Gasteiger partial charge in [-0.25, -0.2) is 8.78 Å². The number of H-pyrrole nitrogens is 1. The molecule has 19 heavy (non-hydrogen) atoms. The van der Waals surface area contributed by atoms with Crippen molar-refractivity contribution in [2.24, 2.45) is 0 Å². The van der Waals surface area contributed by atoms with E-state index in [1.165, 1.54) is 6.07 Å². The first-order chi connectivity index (χ1) is 9.10. The molecule has 1 N–H and O–H groups in total. The number of nitrogens with zero attached hydrogens (tertiary/aromatic N) is 1. The van der Waals surface area contributed by atoms with Crippen LogP contribution in [0.3, 0.4) is 0 Å². The van der Waals surface area contributed by atoms with E-state index in [1.807, 2.05) is 16.3 Å². The van der Waals surface area contributed by atoms with Crippen LogP contribution in [0.4, 0.5) is 8.78 Å². The second kappa shape index (κ2) is 4.90. The van der Waals surface area contributed by atoms with E-state index in [9.17, 15) is 8.78 Å². The van der Waals surface area contributed by atoms with Crippen LogP contribution < -0.4 is 0 Å². The molecule has 0 amide bonds. The average molecular weight is 300 g/mol. The van der Waals surface area contributed by atoms with Gasteiger partial charge in [-0.05, 0) is 43.8 Å². The number of aromatic nitrogens is 2. The second-order valence-corrected chi connectivity index (χ2v) is 6.43. The number of nitrogens with one attached hydrogen (secondary N) is 1. The van der Waals surface area contributed by atoms with Crippen LogP contribution in [-0.2, 0) is 0 Å². The van der Waals surface area contributed by atoms with Gasteiger partial charge in [0, 0.05) is 17.4 Å². The van der Waals surface area contributed by atoms with Crippen LogP contribution in [0.1, 0.15) is 25.3 Å². The van der Waals surface area contributed by atoms with Gasteiger partial charge in [0.1, 0.15) is 11.3 Å².